The first-order valence-electron chi connectivity index (χ1n) is 3.74. The quantitative estimate of drug-likeness (QED) is 0.579. The fourth-order valence-electron chi connectivity index (χ4n) is 0.981. The van der Waals surface area contributed by atoms with Crippen molar-refractivity contribution >= 4 is 0 Å². The standard InChI is InChI=1S/C7H14O4/c1-7(9-2)5-3-4-6(8)10-11-7/h6,8H,3-5H2,1-2H3. The molecule has 0 saturated carbocycles. The zero-order valence-corrected chi connectivity index (χ0v) is 6.87. The Hall–Kier alpha value is -0.160. The summed E-state index contributed by atoms with van der Waals surface area (Å²) < 4.78 is 5.05. The highest BCUT2D eigenvalue weighted by Crippen LogP contribution is 2.24. The lowest BCUT2D eigenvalue weighted by molar-refractivity contribution is -0.453. The second kappa shape index (κ2) is 3.49. The van der Waals surface area contributed by atoms with Crippen molar-refractivity contribution in [1.29, 1.82) is 0 Å². The number of ether oxygens (including phenoxy) is 1. The van der Waals surface area contributed by atoms with E-state index in [9.17, 15) is 0 Å². The molecule has 1 heterocycles. The van der Waals surface area contributed by atoms with Crippen LogP contribution in [0.3, 0.4) is 0 Å². The molecular weight excluding hydrogens is 148 g/mol. The van der Waals surface area contributed by atoms with Crippen molar-refractivity contribution in [3.8, 4) is 0 Å². The summed E-state index contributed by atoms with van der Waals surface area (Å²) in [4.78, 5) is 9.52. The van der Waals surface area contributed by atoms with Crippen molar-refractivity contribution in [3.05, 3.63) is 0 Å². The van der Waals surface area contributed by atoms with E-state index in [1.165, 1.54) is 0 Å². The van der Waals surface area contributed by atoms with E-state index in [1.54, 1.807) is 14.0 Å². The van der Waals surface area contributed by atoms with E-state index in [2.05, 4.69) is 4.89 Å². The second-order valence-electron chi connectivity index (χ2n) is 2.86. The first kappa shape index (κ1) is 8.93. The third kappa shape index (κ3) is 2.41. The molecule has 0 bridgehead atoms. The minimum atomic E-state index is -0.813. The molecule has 1 aliphatic heterocycles. The minimum Gasteiger partial charge on any atom is -0.366 e. The zero-order valence-electron chi connectivity index (χ0n) is 6.87. The van der Waals surface area contributed by atoms with Crippen molar-refractivity contribution < 1.29 is 19.6 Å². The smallest absolute Gasteiger partial charge is 0.198 e. The van der Waals surface area contributed by atoms with Gasteiger partial charge in [-0.3, -0.25) is 0 Å². The first-order valence-corrected chi connectivity index (χ1v) is 3.74. The molecule has 0 aromatic carbocycles. The van der Waals surface area contributed by atoms with E-state index in [1.807, 2.05) is 0 Å². The summed E-state index contributed by atoms with van der Waals surface area (Å²) in [6.45, 7) is 1.78. The third-order valence-electron chi connectivity index (χ3n) is 1.85. The number of rotatable bonds is 1. The van der Waals surface area contributed by atoms with Crippen LogP contribution in [0.5, 0.6) is 0 Å². The van der Waals surface area contributed by atoms with Crippen molar-refractivity contribution in [1.82, 2.24) is 0 Å². The van der Waals surface area contributed by atoms with Crippen LogP contribution in [0.15, 0.2) is 0 Å². The Morgan fingerprint density at radius 1 is 1.64 bits per heavy atom. The fraction of sp³-hybridized carbons (Fsp3) is 1.00. The summed E-state index contributed by atoms with van der Waals surface area (Å²) in [7, 11) is 1.56. The van der Waals surface area contributed by atoms with Crippen LogP contribution in [0, 0.1) is 0 Å². The van der Waals surface area contributed by atoms with Crippen LogP contribution < -0.4 is 0 Å². The van der Waals surface area contributed by atoms with Gasteiger partial charge in [-0.15, -0.1) is 0 Å². The SMILES string of the molecule is COC1(C)CCCC(O)OO1. The molecule has 0 spiro atoms. The summed E-state index contributed by atoms with van der Waals surface area (Å²) in [6.07, 6.45) is 1.36. The molecule has 1 saturated heterocycles. The number of aliphatic hydroxyl groups is 1. The molecule has 11 heavy (non-hydrogen) atoms. The summed E-state index contributed by atoms with van der Waals surface area (Å²) >= 11 is 0. The first-order chi connectivity index (χ1) is 5.16. The van der Waals surface area contributed by atoms with Crippen LogP contribution in [0.25, 0.3) is 0 Å². The van der Waals surface area contributed by atoms with E-state index < -0.39 is 12.1 Å². The molecule has 0 aromatic heterocycles. The minimum absolute atomic E-state index is 0.596. The summed E-state index contributed by atoms with van der Waals surface area (Å²) in [5.74, 6) is -0.697. The zero-order chi connectivity index (χ0) is 8.32. The van der Waals surface area contributed by atoms with Crippen LogP contribution in [0.4, 0.5) is 0 Å². The van der Waals surface area contributed by atoms with Crippen molar-refractivity contribution in [2.45, 2.75) is 38.3 Å². The van der Waals surface area contributed by atoms with Gasteiger partial charge in [-0.25, -0.2) is 4.89 Å². The average molecular weight is 162 g/mol. The molecule has 2 atom stereocenters. The molecule has 1 aliphatic rings. The van der Waals surface area contributed by atoms with Crippen molar-refractivity contribution in [3.63, 3.8) is 0 Å². The van der Waals surface area contributed by atoms with Gasteiger partial charge < -0.3 is 9.84 Å². The van der Waals surface area contributed by atoms with Crippen molar-refractivity contribution in [2.75, 3.05) is 7.11 Å². The molecule has 66 valence electrons. The number of methoxy groups -OCH3 is 1. The average Bonchev–Trinajstić information content (AvgIpc) is 2.15. The summed E-state index contributed by atoms with van der Waals surface area (Å²) in [6, 6.07) is 0. The Kier molecular flexibility index (Phi) is 2.84. The van der Waals surface area contributed by atoms with Gasteiger partial charge in [0.25, 0.3) is 0 Å². The molecule has 0 amide bonds. The van der Waals surface area contributed by atoms with Gasteiger partial charge >= 0.3 is 0 Å². The maximum atomic E-state index is 9.01. The van der Waals surface area contributed by atoms with E-state index in [0.717, 1.165) is 12.8 Å². The topological polar surface area (TPSA) is 47.9 Å². The molecule has 0 aliphatic carbocycles. The number of hydrogen-bond acceptors (Lipinski definition) is 4. The van der Waals surface area contributed by atoms with Crippen LogP contribution >= 0.6 is 0 Å². The molecule has 2 unspecified atom stereocenters. The summed E-state index contributed by atoms with van der Waals surface area (Å²) in [5.41, 5.74) is 0. The van der Waals surface area contributed by atoms with E-state index >= 15 is 0 Å². The lowest BCUT2D eigenvalue weighted by atomic mass is 10.1. The highest BCUT2D eigenvalue weighted by atomic mass is 17.2. The summed E-state index contributed by atoms with van der Waals surface area (Å²) in [5, 5.41) is 9.01. The van der Waals surface area contributed by atoms with Gasteiger partial charge in [-0.1, -0.05) is 0 Å². The Morgan fingerprint density at radius 3 is 3.00 bits per heavy atom. The van der Waals surface area contributed by atoms with Crippen LogP contribution in [0.2, 0.25) is 0 Å². The molecule has 0 aromatic rings. The Balaban J connectivity index is 2.45. The Bertz CT molecular complexity index is 128. The van der Waals surface area contributed by atoms with Crippen LogP contribution in [-0.4, -0.2) is 24.3 Å². The lowest BCUT2D eigenvalue weighted by Crippen LogP contribution is -2.30. The largest absolute Gasteiger partial charge is 0.366 e. The van der Waals surface area contributed by atoms with Gasteiger partial charge in [-0.05, 0) is 13.3 Å². The van der Waals surface area contributed by atoms with E-state index in [4.69, 9.17) is 14.7 Å². The van der Waals surface area contributed by atoms with Gasteiger partial charge in [-0.2, -0.15) is 4.89 Å². The van der Waals surface area contributed by atoms with Crippen LogP contribution in [0.1, 0.15) is 26.2 Å². The molecule has 1 fully saturated rings. The van der Waals surface area contributed by atoms with Crippen molar-refractivity contribution in [2.24, 2.45) is 0 Å². The van der Waals surface area contributed by atoms with E-state index in [-0.39, 0.29) is 0 Å². The fourth-order valence-corrected chi connectivity index (χ4v) is 0.981. The van der Waals surface area contributed by atoms with Gasteiger partial charge in [0.15, 0.2) is 12.1 Å². The van der Waals surface area contributed by atoms with Gasteiger partial charge in [0.05, 0.1) is 0 Å². The molecule has 0 radical (unpaired) electrons. The molecule has 1 N–H and O–H groups in total. The number of hydrogen-bond donors (Lipinski definition) is 1. The Labute approximate surface area is 66.0 Å². The van der Waals surface area contributed by atoms with Gasteiger partial charge in [0.1, 0.15) is 0 Å². The molecule has 4 nitrogen and oxygen atoms in total. The maximum absolute atomic E-state index is 9.01. The monoisotopic (exact) mass is 162 g/mol. The molecule has 4 heteroatoms. The van der Waals surface area contributed by atoms with Gasteiger partial charge in [0, 0.05) is 20.0 Å². The molecule has 1 rings (SSSR count). The third-order valence-corrected chi connectivity index (χ3v) is 1.85. The second-order valence-corrected chi connectivity index (χ2v) is 2.86. The van der Waals surface area contributed by atoms with Crippen LogP contribution in [-0.2, 0) is 14.5 Å². The Morgan fingerprint density at radius 2 is 2.36 bits per heavy atom. The predicted octanol–water partition coefficient (Wildman–Crippen LogP) is 0.800. The highest BCUT2D eigenvalue weighted by Gasteiger charge is 2.30. The normalized spacial score (nSPS) is 40.1. The highest BCUT2D eigenvalue weighted by molar-refractivity contribution is 4.63. The van der Waals surface area contributed by atoms with E-state index in [0.29, 0.717) is 6.42 Å². The maximum Gasteiger partial charge on any atom is 0.198 e. The van der Waals surface area contributed by atoms with Gasteiger partial charge in [0.2, 0.25) is 0 Å². The predicted molar refractivity (Wildman–Crippen MR) is 37.4 cm³/mol. The lowest BCUT2D eigenvalue weighted by Gasteiger charge is -2.23. The number of aliphatic hydroxyl groups excluding tert-OH is 1. The molecular formula is C7H14O4.